The molecule has 0 N–H and O–H groups in total. The zero-order valence-electron chi connectivity index (χ0n) is 13.8. The lowest BCUT2D eigenvalue weighted by Crippen LogP contribution is -2.42. The molecule has 1 atom stereocenters. The van der Waals surface area contributed by atoms with Crippen LogP contribution < -0.4 is 4.31 Å². The number of carbonyl (C=O) groups is 1. The molecule has 0 radical (unpaired) electrons. The molecular weight excluding hydrogens is 393 g/mol. The third-order valence-corrected chi connectivity index (χ3v) is 6.52. The summed E-state index contributed by atoms with van der Waals surface area (Å²) in [7, 11) is -4.01. The summed E-state index contributed by atoms with van der Waals surface area (Å²) in [5.74, 6) is 0. The van der Waals surface area contributed by atoms with Gasteiger partial charge in [-0.1, -0.05) is 41.9 Å². The van der Waals surface area contributed by atoms with Crippen LogP contribution >= 0.6 is 23.2 Å². The lowest BCUT2D eigenvalue weighted by Gasteiger charge is -2.28. The molecule has 7 heteroatoms. The van der Waals surface area contributed by atoms with Crippen molar-refractivity contribution in [3.8, 4) is 0 Å². The summed E-state index contributed by atoms with van der Waals surface area (Å²) in [6.45, 7) is 1.46. The fraction of sp³-hybridized carbons (Fsp3) is 0.105. The Hall–Kier alpha value is -2.08. The highest BCUT2D eigenvalue weighted by Crippen LogP contribution is 2.30. The predicted molar refractivity (Wildman–Crippen MR) is 105 cm³/mol. The monoisotopic (exact) mass is 407 g/mol. The Kier molecular flexibility index (Phi) is 5.23. The minimum Gasteiger partial charge on any atom is -0.279 e. The van der Waals surface area contributed by atoms with E-state index in [9.17, 15) is 13.2 Å². The van der Waals surface area contributed by atoms with E-state index in [2.05, 4.69) is 0 Å². The fourth-order valence-corrected chi connectivity index (χ4v) is 4.59. The molecule has 0 heterocycles. The van der Waals surface area contributed by atoms with Gasteiger partial charge in [0.2, 0.25) is 5.24 Å². The zero-order valence-corrected chi connectivity index (χ0v) is 16.1. The van der Waals surface area contributed by atoms with Gasteiger partial charge in [0, 0.05) is 5.02 Å². The summed E-state index contributed by atoms with van der Waals surface area (Å²) >= 11 is 11.5. The maximum absolute atomic E-state index is 13.2. The number of rotatable bonds is 5. The van der Waals surface area contributed by atoms with E-state index < -0.39 is 21.3 Å². The van der Waals surface area contributed by atoms with Crippen LogP contribution in [0, 0.1) is 0 Å². The Morgan fingerprint density at radius 2 is 1.58 bits per heavy atom. The van der Waals surface area contributed by atoms with Crippen LogP contribution in [-0.4, -0.2) is 19.7 Å². The summed E-state index contributed by atoms with van der Waals surface area (Å²) in [6, 6.07) is 17.4. The average Bonchev–Trinajstić information content (AvgIpc) is 2.61. The SMILES string of the molecule is CC(C(=O)Cl)N(c1ccc2ccccc2c1)S(=O)(=O)c1ccc(Cl)cc1. The fourth-order valence-electron chi connectivity index (χ4n) is 2.70. The van der Waals surface area contributed by atoms with E-state index in [1.807, 2.05) is 24.3 Å². The van der Waals surface area contributed by atoms with Crippen molar-refractivity contribution in [2.24, 2.45) is 0 Å². The molecule has 26 heavy (non-hydrogen) atoms. The lowest BCUT2D eigenvalue weighted by atomic mass is 10.1. The van der Waals surface area contributed by atoms with Crippen LogP contribution in [0.2, 0.25) is 5.02 Å². The zero-order chi connectivity index (χ0) is 18.9. The lowest BCUT2D eigenvalue weighted by molar-refractivity contribution is -0.112. The van der Waals surface area contributed by atoms with Crippen LogP contribution in [0.25, 0.3) is 10.8 Å². The van der Waals surface area contributed by atoms with Crippen molar-refractivity contribution in [1.29, 1.82) is 0 Å². The minimum absolute atomic E-state index is 0.0276. The Morgan fingerprint density at radius 3 is 2.19 bits per heavy atom. The number of carbonyl (C=O) groups excluding carboxylic acids is 1. The molecular formula is C19H15Cl2NO3S. The Bertz CT molecular complexity index is 1070. The number of benzene rings is 3. The molecule has 0 saturated carbocycles. The van der Waals surface area contributed by atoms with Crippen LogP contribution in [0.15, 0.2) is 71.6 Å². The number of anilines is 1. The summed E-state index contributed by atoms with van der Waals surface area (Å²) in [5, 5.41) is 1.47. The van der Waals surface area contributed by atoms with E-state index in [1.54, 1.807) is 18.2 Å². The van der Waals surface area contributed by atoms with E-state index in [0.717, 1.165) is 15.1 Å². The van der Waals surface area contributed by atoms with E-state index in [0.29, 0.717) is 10.7 Å². The molecule has 4 nitrogen and oxygen atoms in total. The van der Waals surface area contributed by atoms with Gasteiger partial charge >= 0.3 is 0 Å². The van der Waals surface area contributed by atoms with Gasteiger partial charge in [-0.2, -0.15) is 0 Å². The van der Waals surface area contributed by atoms with Gasteiger partial charge in [-0.15, -0.1) is 0 Å². The molecule has 0 saturated heterocycles. The molecule has 134 valence electrons. The average molecular weight is 408 g/mol. The molecule has 0 fully saturated rings. The van der Waals surface area contributed by atoms with E-state index in [4.69, 9.17) is 23.2 Å². The number of fused-ring (bicyclic) bond motifs is 1. The van der Waals surface area contributed by atoms with Crippen molar-refractivity contribution in [3.05, 3.63) is 71.8 Å². The van der Waals surface area contributed by atoms with Gasteiger partial charge in [-0.3, -0.25) is 9.10 Å². The molecule has 1 unspecified atom stereocenters. The Balaban J connectivity index is 2.18. The first-order valence-electron chi connectivity index (χ1n) is 7.79. The topological polar surface area (TPSA) is 54.5 Å². The first kappa shape index (κ1) is 18.7. The van der Waals surface area contributed by atoms with Crippen LogP contribution in [0.1, 0.15) is 6.92 Å². The van der Waals surface area contributed by atoms with E-state index in [-0.39, 0.29) is 4.90 Å². The number of hydrogen-bond donors (Lipinski definition) is 0. The second-order valence-electron chi connectivity index (χ2n) is 5.77. The molecule has 3 aromatic rings. The minimum atomic E-state index is -4.01. The quantitative estimate of drug-likeness (QED) is 0.568. The van der Waals surface area contributed by atoms with Crippen molar-refractivity contribution >= 4 is 54.9 Å². The first-order chi connectivity index (χ1) is 12.3. The Morgan fingerprint density at radius 1 is 0.962 bits per heavy atom. The molecule has 0 aliphatic heterocycles. The molecule has 3 rings (SSSR count). The maximum Gasteiger partial charge on any atom is 0.265 e. The molecule has 0 aliphatic rings. The van der Waals surface area contributed by atoms with Gasteiger partial charge in [0.15, 0.2) is 0 Å². The third-order valence-electron chi connectivity index (χ3n) is 4.04. The van der Waals surface area contributed by atoms with Gasteiger partial charge in [0.05, 0.1) is 10.6 Å². The van der Waals surface area contributed by atoms with Gasteiger partial charge in [0.1, 0.15) is 6.04 Å². The van der Waals surface area contributed by atoms with Gasteiger partial charge < -0.3 is 0 Å². The maximum atomic E-state index is 13.2. The number of halogens is 2. The van der Waals surface area contributed by atoms with Crippen molar-refractivity contribution in [2.45, 2.75) is 17.9 Å². The predicted octanol–water partition coefficient (Wildman–Crippen LogP) is 4.84. The molecule has 3 aromatic carbocycles. The van der Waals surface area contributed by atoms with Crippen LogP contribution in [0.4, 0.5) is 5.69 Å². The van der Waals surface area contributed by atoms with Gasteiger partial charge in [-0.25, -0.2) is 8.42 Å². The highest BCUT2D eigenvalue weighted by molar-refractivity contribution is 7.93. The van der Waals surface area contributed by atoms with Crippen LogP contribution in [-0.2, 0) is 14.8 Å². The van der Waals surface area contributed by atoms with Crippen LogP contribution in [0.3, 0.4) is 0 Å². The van der Waals surface area contributed by atoms with Crippen LogP contribution in [0.5, 0.6) is 0 Å². The molecule has 0 aromatic heterocycles. The number of nitrogens with zero attached hydrogens (tertiary/aromatic N) is 1. The Labute approximate surface area is 162 Å². The largest absolute Gasteiger partial charge is 0.279 e. The second-order valence-corrected chi connectivity index (χ2v) is 8.39. The summed E-state index contributed by atoms with van der Waals surface area (Å²) in [6.07, 6.45) is 0. The third kappa shape index (κ3) is 3.56. The summed E-state index contributed by atoms with van der Waals surface area (Å²) in [4.78, 5) is 11.8. The summed E-state index contributed by atoms with van der Waals surface area (Å²) in [5.41, 5.74) is 0.361. The highest BCUT2D eigenvalue weighted by Gasteiger charge is 2.32. The molecule has 0 bridgehead atoms. The smallest absolute Gasteiger partial charge is 0.265 e. The van der Waals surface area contributed by atoms with E-state index >= 15 is 0 Å². The normalized spacial score (nSPS) is 12.7. The van der Waals surface area contributed by atoms with Gasteiger partial charge in [-0.05, 0) is 65.7 Å². The molecule has 0 aliphatic carbocycles. The van der Waals surface area contributed by atoms with Crippen molar-refractivity contribution in [2.75, 3.05) is 4.31 Å². The van der Waals surface area contributed by atoms with Crippen molar-refractivity contribution in [1.82, 2.24) is 0 Å². The summed E-state index contributed by atoms with van der Waals surface area (Å²) < 4.78 is 27.4. The standard InChI is InChI=1S/C19H15Cl2NO3S/c1-13(19(21)23)22(26(24,25)18-10-7-16(20)8-11-18)17-9-6-14-4-2-3-5-15(14)12-17/h2-13H,1H3. The van der Waals surface area contributed by atoms with Crippen molar-refractivity contribution < 1.29 is 13.2 Å². The van der Waals surface area contributed by atoms with Gasteiger partial charge in [0.25, 0.3) is 10.0 Å². The molecule has 0 amide bonds. The second kappa shape index (κ2) is 7.27. The molecule has 0 spiro atoms. The number of hydrogen-bond acceptors (Lipinski definition) is 3. The van der Waals surface area contributed by atoms with Crippen molar-refractivity contribution in [3.63, 3.8) is 0 Å². The first-order valence-corrected chi connectivity index (χ1v) is 9.98. The van der Waals surface area contributed by atoms with E-state index in [1.165, 1.54) is 31.2 Å². The number of sulfonamides is 1. The highest BCUT2D eigenvalue weighted by atomic mass is 35.5.